The third kappa shape index (κ3) is 3.40. The van der Waals surface area contributed by atoms with Crippen molar-refractivity contribution in [1.29, 1.82) is 0 Å². The Bertz CT molecular complexity index is 696. The molecule has 5 nitrogen and oxygen atoms in total. The summed E-state index contributed by atoms with van der Waals surface area (Å²) in [6.07, 6.45) is 1.07. The second-order valence-electron chi connectivity index (χ2n) is 6.59. The molecular weight excluding hydrogens is 321 g/mol. The minimum Gasteiger partial charge on any atom is -0.481 e. The summed E-state index contributed by atoms with van der Waals surface area (Å²) in [4.78, 5) is 10.9. The highest BCUT2D eigenvalue weighted by atomic mass is 32.2. The normalized spacial score (nSPS) is 28.0. The van der Waals surface area contributed by atoms with Gasteiger partial charge in [-0.25, -0.2) is 17.5 Å². The zero-order valence-electron chi connectivity index (χ0n) is 12.7. The van der Waals surface area contributed by atoms with Gasteiger partial charge in [-0.15, -0.1) is 0 Å². The maximum absolute atomic E-state index is 14.6. The first-order chi connectivity index (χ1) is 10.8. The highest BCUT2D eigenvalue weighted by Gasteiger charge is 2.43. The molecule has 0 amide bonds. The van der Waals surface area contributed by atoms with Crippen LogP contribution in [0.25, 0.3) is 0 Å². The Morgan fingerprint density at radius 2 is 1.91 bits per heavy atom. The van der Waals surface area contributed by atoms with Gasteiger partial charge in [0.05, 0.1) is 11.2 Å². The van der Waals surface area contributed by atoms with Crippen LogP contribution in [0.1, 0.15) is 30.4 Å². The molecule has 0 unspecified atom stereocenters. The van der Waals surface area contributed by atoms with Crippen LogP contribution in [0.4, 0.5) is 4.39 Å². The maximum Gasteiger partial charge on any atom is 0.306 e. The lowest BCUT2D eigenvalue weighted by atomic mass is 10.0. The van der Waals surface area contributed by atoms with E-state index in [1.807, 2.05) is 24.3 Å². The molecule has 0 aliphatic heterocycles. The Morgan fingerprint density at radius 3 is 2.43 bits per heavy atom. The van der Waals surface area contributed by atoms with Gasteiger partial charge in [0.25, 0.3) is 0 Å². The van der Waals surface area contributed by atoms with Crippen molar-refractivity contribution in [2.75, 3.05) is 6.54 Å². The Labute approximate surface area is 135 Å². The molecule has 0 bridgehead atoms. The van der Waals surface area contributed by atoms with Crippen molar-refractivity contribution < 1.29 is 22.7 Å². The number of hydrogen-bond acceptors (Lipinski definition) is 3. The fourth-order valence-electron chi connectivity index (χ4n) is 3.54. The number of rotatable bonds is 5. The van der Waals surface area contributed by atoms with Gasteiger partial charge < -0.3 is 5.11 Å². The van der Waals surface area contributed by atoms with Crippen LogP contribution in [0.15, 0.2) is 24.3 Å². The lowest BCUT2D eigenvalue weighted by molar-refractivity contribution is -0.141. The minimum absolute atomic E-state index is 0.0807. The molecule has 0 heterocycles. The highest BCUT2D eigenvalue weighted by Crippen LogP contribution is 2.37. The molecule has 2 aliphatic rings. The molecule has 7 heteroatoms. The van der Waals surface area contributed by atoms with E-state index in [9.17, 15) is 17.6 Å². The van der Waals surface area contributed by atoms with Crippen molar-refractivity contribution in [2.45, 2.75) is 43.0 Å². The van der Waals surface area contributed by atoms with Gasteiger partial charge in [0.2, 0.25) is 10.0 Å². The topological polar surface area (TPSA) is 83.5 Å². The van der Waals surface area contributed by atoms with Crippen LogP contribution < -0.4 is 4.72 Å². The zero-order valence-corrected chi connectivity index (χ0v) is 13.5. The number of benzene rings is 1. The molecule has 2 N–H and O–H groups in total. The summed E-state index contributed by atoms with van der Waals surface area (Å²) in [5, 5.41) is 8.36. The van der Waals surface area contributed by atoms with E-state index in [4.69, 9.17) is 5.11 Å². The summed E-state index contributed by atoms with van der Waals surface area (Å²) >= 11 is 0. The second kappa shape index (κ2) is 5.87. The van der Waals surface area contributed by atoms with E-state index in [0.29, 0.717) is 12.8 Å². The van der Waals surface area contributed by atoms with Gasteiger partial charge in [0, 0.05) is 6.54 Å². The summed E-state index contributed by atoms with van der Waals surface area (Å²) in [7, 11) is -3.63. The van der Waals surface area contributed by atoms with E-state index < -0.39 is 32.8 Å². The van der Waals surface area contributed by atoms with E-state index >= 15 is 0 Å². The van der Waals surface area contributed by atoms with Gasteiger partial charge in [-0.2, -0.15) is 0 Å². The van der Waals surface area contributed by atoms with Gasteiger partial charge in [-0.05, 0) is 43.2 Å². The minimum atomic E-state index is -3.63. The summed E-state index contributed by atoms with van der Waals surface area (Å²) in [6.45, 7) is -0.341. The predicted octanol–water partition coefficient (Wildman–Crippen LogP) is 1.67. The van der Waals surface area contributed by atoms with Gasteiger partial charge in [-0.3, -0.25) is 4.79 Å². The summed E-state index contributed by atoms with van der Waals surface area (Å²) < 4.78 is 41.8. The Hall–Kier alpha value is -1.47. The Morgan fingerprint density at radius 1 is 1.30 bits per heavy atom. The molecule has 23 heavy (non-hydrogen) atoms. The van der Waals surface area contributed by atoms with Gasteiger partial charge in [-0.1, -0.05) is 24.3 Å². The van der Waals surface area contributed by atoms with E-state index in [-0.39, 0.29) is 25.8 Å². The van der Waals surface area contributed by atoms with Crippen molar-refractivity contribution in [3.63, 3.8) is 0 Å². The maximum atomic E-state index is 14.6. The van der Waals surface area contributed by atoms with E-state index in [1.165, 1.54) is 0 Å². The number of hydrogen-bond donors (Lipinski definition) is 2. The molecule has 2 atom stereocenters. The number of sulfonamides is 1. The summed E-state index contributed by atoms with van der Waals surface area (Å²) in [6, 6.07) is 7.58. The van der Waals surface area contributed by atoms with Crippen LogP contribution in [0.5, 0.6) is 0 Å². The lowest BCUT2D eigenvalue weighted by Gasteiger charge is -2.21. The predicted molar refractivity (Wildman–Crippen MR) is 83.4 cm³/mol. The second-order valence-corrected chi connectivity index (χ2v) is 8.64. The van der Waals surface area contributed by atoms with Crippen molar-refractivity contribution >= 4 is 16.0 Å². The highest BCUT2D eigenvalue weighted by molar-refractivity contribution is 7.90. The summed E-state index contributed by atoms with van der Waals surface area (Å²) in [5.74, 6) is -1.74. The van der Waals surface area contributed by atoms with Crippen LogP contribution in [0, 0.1) is 5.92 Å². The molecule has 0 radical (unpaired) electrons. The Balaban J connectivity index is 1.61. The summed E-state index contributed by atoms with van der Waals surface area (Å²) in [5.41, 5.74) is 0.274. The molecule has 2 aliphatic carbocycles. The molecule has 126 valence electrons. The van der Waals surface area contributed by atoms with E-state index in [2.05, 4.69) is 4.72 Å². The number of halogens is 1. The molecule has 3 rings (SSSR count). The van der Waals surface area contributed by atoms with Gasteiger partial charge >= 0.3 is 5.97 Å². The van der Waals surface area contributed by atoms with Crippen molar-refractivity contribution in [3.8, 4) is 0 Å². The monoisotopic (exact) mass is 341 g/mol. The molecule has 1 saturated carbocycles. The Kier molecular flexibility index (Phi) is 4.18. The number of carboxylic acids is 1. The third-order valence-electron chi connectivity index (χ3n) is 4.94. The zero-order chi connectivity index (χ0) is 16.7. The fraction of sp³-hybridized carbons (Fsp3) is 0.562. The first-order valence-electron chi connectivity index (χ1n) is 7.76. The van der Waals surface area contributed by atoms with Gasteiger partial charge in [0.1, 0.15) is 5.67 Å². The molecule has 0 aromatic heterocycles. The average Bonchev–Trinajstić information content (AvgIpc) is 3.10. The van der Waals surface area contributed by atoms with E-state index in [1.54, 1.807) is 0 Å². The van der Waals surface area contributed by atoms with Crippen molar-refractivity contribution in [3.05, 3.63) is 35.4 Å². The van der Waals surface area contributed by atoms with E-state index in [0.717, 1.165) is 11.1 Å². The largest absolute Gasteiger partial charge is 0.481 e. The lowest BCUT2D eigenvalue weighted by Crippen LogP contribution is -2.42. The first kappa shape index (κ1) is 16.4. The van der Waals surface area contributed by atoms with Crippen LogP contribution in [0.2, 0.25) is 0 Å². The number of nitrogens with one attached hydrogen (secondary N) is 1. The van der Waals surface area contributed by atoms with Crippen molar-refractivity contribution in [1.82, 2.24) is 4.72 Å². The first-order valence-corrected chi connectivity index (χ1v) is 9.31. The number of fused-ring (bicyclic) bond motifs is 1. The van der Waals surface area contributed by atoms with Crippen molar-refractivity contribution in [2.24, 2.45) is 5.92 Å². The number of aliphatic carboxylic acids is 1. The quantitative estimate of drug-likeness (QED) is 0.853. The standard InChI is InChI=1S/C16H20FNO4S/c17-16(6-5-13(9-16)15(19)20)10-18-23(21,22)14-7-11-3-1-2-4-12(11)8-14/h1-4,13-14,18H,5-10H2,(H,19,20)/t13-,16+/m1/s1. The molecule has 1 aromatic carbocycles. The van der Waals surface area contributed by atoms with Gasteiger partial charge in [0.15, 0.2) is 0 Å². The molecule has 1 aromatic rings. The van der Waals surface area contributed by atoms with Crippen LogP contribution in [0.3, 0.4) is 0 Å². The van der Waals surface area contributed by atoms with Crippen LogP contribution >= 0.6 is 0 Å². The molecular formula is C16H20FNO4S. The molecule has 0 spiro atoms. The van der Waals surface area contributed by atoms with Crippen LogP contribution in [-0.4, -0.2) is 37.0 Å². The smallest absolute Gasteiger partial charge is 0.306 e. The van der Waals surface area contributed by atoms with Crippen LogP contribution in [-0.2, 0) is 27.7 Å². The third-order valence-corrected chi connectivity index (χ3v) is 6.70. The number of carbonyl (C=O) groups is 1. The SMILES string of the molecule is O=C(O)[C@@H]1CC[C@@](F)(CNS(=O)(=O)C2Cc3ccccc3C2)C1. The molecule has 1 fully saturated rings. The fourth-order valence-corrected chi connectivity index (χ4v) is 5.03. The molecule has 0 saturated heterocycles. The average molecular weight is 341 g/mol. The number of alkyl halides is 1. The number of carboxylic acid groups (broad SMARTS) is 1.